The first-order valence-corrected chi connectivity index (χ1v) is 4.38. The molecule has 1 rings (SSSR count). The zero-order chi connectivity index (χ0) is 12.1. The third kappa shape index (κ3) is 2.35. The van der Waals surface area contributed by atoms with E-state index < -0.39 is 10.9 Å². The number of hydrogen-bond acceptors (Lipinski definition) is 5. The van der Waals surface area contributed by atoms with Gasteiger partial charge in [0.05, 0.1) is 10.5 Å². The third-order valence-corrected chi connectivity index (χ3v) is 1.83. The number of nitro benzene ring substituents is 1. The maximum absolute atomic E-state index is 11.4. The average molecular weight is 222 g/mol. The summed E-state index contributed by atoms with van der Waals surface area (Å²) in [6, 6.07) is 3.96. The van der Waals surface area contributed by atoms with Crippen molar-refractivity contribution in [2.24, 2.45) is 0 Å². The molecule has 0 unspecified atom stereocenters. The van der Waals surface area contributed by atoms with Gasteiger partial charge in [0.25, 0.3) is 5.69 Å². The highest BCUT2D eigenvalue weighted by Crippen LogP contribution is 2.25. The van der Waals surface area contributed by atoms with Crippen molar-refractivity contribution >= 4 is 17.3 Å². The van der Waals surface area contributed by atoms with Crippen LogP contribution in [0.1, 0.15) is 10.4 Å². The van der Waals surface area contributed by atoms with E-state index in [4.69, 9.17) is 10.5 Å². The monoisotopic (exact) mass is 222 g/mol. The highest BCUT2D eigenvalue weighted by atomic mass is 16.6. The van der Waals surface area contributed by atoms with Crippen LogP contribution >= 0.6 is 0 Å². The van der Waals surface area contributed by atoms with Gasteiger partial charge in [0.1, 0.15) is 12.3 Å². The van der Waals surface area contributed by atoms with Crippen molar-refractivity contribution in [1.29, 1.82) is 0 Å². The van der Waals surface area contributed by atoms with Gasteiger partial charge < -0.3 is 10.5 Å². The summed E-state index contributed by atoms with van der Waals surface area (Å²) in [6.45, 7) is 3.41. The van der Waals surface area contributed by atoms with E-state index in [1.807, 2.05) is 0 Å². The Hall–Kier alpha value is -2.37. The van der Waals surface area contributed by atoms with Gasteiger partial charge in [-0.1, -0.05) is 18.7 Å². The molecule has 0 heterocycles. The molecule has 0 bridgehead atoms. The molecule has 84 valence electrons. The summed E-state index contributed by atoms with van der Waals surface area (Å²) in [5, 5.41) is 10.6. The van der Waals surface area contributed by atoms with E-state index in [9.17, 15) is 14.9 Å². The maximum atomic E-state index is 11.4. The fourth-order valence-corrected chi connectivity index (χ4v) is 1.10. The van der Waals surface area contributed by atoms with E-state index in [-0.39, 0.29) is 23.5 Å². The first-order chi connectivity index (χ1) is 7.57. The Kier molecular flexibility index (Phi) is 3.60. The van der Waals surface area contributed by atoms with Crippen LogP contribution in [0.15, 0.2) is 30.9 Å². The molecule has 0 radical (unpaired) electrons. The Morgan fingerprint density at radius 3 is 2.88 bits per heavy atom. The number of nitro groups is 1. The highest BCUT2D eigenvalue weighted by Gasteiger charge is 2.19. The summed E-state index contributed by atoms with van der Waals surface area (Å²) in [4.78, 5) is 21.3. The van der Waals surface area contributed by atoms with E-state index in [1.165, 1.54) is 24.3 Å². The van der Waals surface area contributed by atoms with Crippen molar-refractivity contribution < 1.29 is 14.5 Å². The number of para-hydroxylation sites is 1. The highest BCUT2D eigenvalue weighted by molar-refractivity contribution is 5.97. The third-order valence-electron chi connectivity index (χ3n) is 1.83. The number of ether oxygens (including phenoxy) is 1. The molecule has 0 aliphatic heterocycles. The molecule has 1 aromatic rings. The molecule has 1 aromatic carbocycles. The van der Waals surface area contributed by atoms with Crippen molar-refractivity contribution in [1.82, 2.24) is 0 Å². The zero-order valence-corrected chi connectivity index (χ0v) is 8.38. The molecule has 0 saturated carbocycles. The minimum atomic E-state index is -0.707. The number of nitrogens with zero attached hydrogens (tertiary/aromatic N) is 1. The number of anilines is 1. The molecule has 2 N–H and O–H groups in total. The fraction of sp³-hybridized carbons (Fsp3) is 0.100. The second-order valence-corrected chi connectivity index (χ2v) is 2.88. The normalized spacial score (nSPS) is 9.50. The molecule has 0 saturated heterocycles. The quantitative estimate of drug-likeness (QED) is 0.274. The predicted molar refractivity (Wildman–Crippen MR) is 58.0 cm³/mol. The van der Waals surface area contributed by atoms with Crippen LogP contribution in [0.25, 0.3) is 0 Å². The van der Waals surface area contributed by atoms with Gasteiger partial charge in [0, 0.05) is 6.07 Å². The Morgan fingerprint density at radius 2 is 2.31 bits per heavy atom. The molecule has 6 nitrogen and oxygen atoms in total. The Labute approximate surface area is 91.5 Å². The van der Waals surface area contributed by atoms with Gasteiger partial charge in [-0.05, 0) is 6.07 Å². The number of esters is 1. The molecular formula is C10H10N2O4. The molecule has 0 aliphatic rings. The lowest BCUT2D eigenvalue weighted by molar-refractivity contribution is -0.383. The Balaban J connectivity index is 3.05. The number of carbonyl (C=O) groups excluding carboxylic acids is 1. The molecule has 16 heavy (non-hydrogen) atoms. The van der Waals surface area contributed by atoms with Gasteiger partial charge in [-0.3, -0.25) is 10.1 Å². The van der Waals surface area contributed by atoms with Crippen LogP contribution in [0, 0.1) is 10.1 Å². The number of nitrogen functional groups attached to an aromatic ring is 1. The summed E-state index contributed by atoms with van der Waals surface area (Å²) < 4.78 is 4.73. The smallest absolute Gasteiger partial charge is 0.340 e. The van der Waals surface area contributed by atoms with Gasteiger partial charge in [-0.2, -0.15) is 0 Å². The van der Waals surface area contributed by atoms with Gasteiger partial charge in [-0.15, -0.1) is 0 Å². The molecule has 0 atom stereocenters. The van der Waals surface area contributed by atoms with E-state index in [0.29, 0.717) is 0 Å². The standard InChI is InChI=1S/C10H10N2O4/c1-2-6-16-10(13)7-4-3-5-8(9(7)11)12(14)15/h2-5H,1,6,11H2. The fourth-order valence-electron chi connectivity index (χ4n) is 1.10. The lowest BCUT2D eigenvalue weighted by atomic mass is 10.1. The number of hydrogen-bond donors (Lipinski definition) is 1. The predicted octanol–water partition coefficient (Wildman–Crippen LogP) is 1.52. The molecule has 6 heteroatoms. The summed E-state index contributed by atoms with van der Waals surface area (Å²) in [7, 11) is 0. The maximum Gasteiger partial charge on any atom is 0.340 e. The van der Waals surface area contributed by atoms with E-state index in [1.54, 1.807) is 0 Å². The van der Waals surface area contributed by atoms with Gasteiger partial charge in [0.15, 0.2) is 0 Å². The van der Waals surface area contributed by atoms with Crippen molar-refractivity contribution in [3.8, 4) is 0 Å². The van der Waals surface area contributed by atoms with Crippen LogP contribution in [0.4, 0.5) is 11.4 Å². The lowest BCUT2D eigenvalue weighted by Gasteiger charge is -2.04. The number of carbonyl (C=O) groups is 1. The second-order valence-electron chi connectivity index (χ2n) is 2.88. The second kappa shape index (κ2) is 4.92. The average Bonchev–Trinajstić information content (AvgIpc) is 2.25. The largest absolute Gasteiger partial charge is 0.458 e. The van der Waals surface area contributed by atoms with Gasteiger partial charge >= 0.3 is 5.97 Å². The van der Waals surface area contributed by atoms with Gasteiger partial charge in [-0.25, -0.2) is 4.79 Å². The van der Waals surface area contributed by atoms with E-state index in [0.717, 1.165) is 0 Å². The van der Waals surface area contributed by atoms with Crippen molar-refractivity contribution in [2.45, 2.75) is 0 Å². The van der Waals surface area contributed by atoms with Crippen LogP contribution in [0.3, 0.4) is 0 Å². The van der Waals surface area contributed by atoms with Crippen molar-refractivity contribution in [3.63, 3.8) is 0 Å². The number of rotatable bonds is 4. The van der Waals surface area contributed by atoms with Crippen molar-refractivity contribution in [2.75, 3.05) is 12.3 Å². The SMILES string of the molecule is C=CCOC(=O)c1cccc([N+](=O)[O-])c1N. The van der Waals surface area contributed by atoms with Crippen molar-refractivity contribution in [3.05, 3.63) is 46.5 Å². The van der Waals surface area contributed by atoms with Gasteiger partial charge in [0.2, 0.25) is 0 Å². The molecule has 0 fully saturated rings. The number of nitrogens with two attached hydrogens (primary N) is 1. The Bertz CT molecular complexity index is 442. The minimum absolute atomic E-state index is 0.0175. The van der Waals surface area contributed by atoms with Crippen LogP contribution in [-0.2, 0) is 4.74 Å². The van der Waals surface area contributed by atoms with Crippen LogP contribution in [0.2, 0.25) is 0 Å². The molecule has 0 amide bonds. The summed E-state index contributed by atoms with van der Waals surface area (Å²) in [6.07, 6.45) is 1.39. The van der Waals surface area contributed by atoms with Crippen LogP contribution in [-0.4, -0.2) is 17.5 Å². The summed E-state index contributed by atoms with van der Waals surface area (Å²) in [5.74, 6) is -0.707. The number of benzene rings is 1. The Morgan fingerprint density at radius 1 is 1.62 bits per heavy atom. The first kappa shape index (κ1) is 11.7. The molecule has 0 spiro atoms. The topological polar surface area (TPSA) is 95.5 Å². The minimum Gasteiger partial charge on any atom is -0.458 e. The lowest BCUT2D eigenvalue weighted by Crippen LogP contribution is -2.09. The van der Waals surface area contributed by atoms with E-state index in [2.05, 4.69) is 6.58 Å². The van der Waals surface area contributed by atoms with E-state index >= 15 is 0 Å². The molecular weight excluding hydrogens is 212 g/mol. The molecule has 0 aliphatic carbocycles. The summed E-state index contributed by atoms with van der Waals surface area (Å²) in [5.41, 5.74) is 4.97. The first-order valence-electron chi connectivity index (χ1n) is 4.38. The summed E-state index contributed by atoms with van der Waals surface area (Å²) >= 11 is 0. The van der Waals surface area contributed by atoms with Crippen LogP contribution < -0.4 is 5.73 Å². The zero-order valence-electron chi connectivity index (χ0n) is 8.38. The van der Waals surface area contributed by atoms with Crippen LogP contribution in [0.5, 0.6) is 0 Å². The molecule has 0 aromatic heterocycles.